The van der Waals surface area contributed by atoms with Crippen molar-refractivity contribution in [2.24, 2.45) is 11.8 Å². The molecule has 0 bridgehead atoms. The molecule has 1 saturated carbocycles. The van der Waals surface area contributed by atoms with Crippen LogP contribution in [0.3, 0.4) is 0 Å². The first-order valence-corrected chi connectivity index (χ1v) is 10.2. The van der Waals surface area contributed by atoms with Gasteiger partial charge in [0.1, 0.15) is 0 Å². The number of benzene rings is 1. The summed E-state index contributed by atoms with van der Waals surface area (Å²) in [5.41, 5.74) is 3.22. The molecule has 2 aliphatic carbocycles. The quantitative estimate of drug-likeness (QED) is 0.632. The highest BCUT2D eigenvalue weighted by atomic mass is 19.4. The standard InChI is InChI=1S/C17H24N2.2C2HF3O2/c1-18(2)17-14-6-4-3-5-13(14)15-10-19(11-16(15)17)9-12-7-8-12;2*3-2(4,5)1(6)7/h3-6,12,15-17H,7-11H2,1-2H3;2*(H,6,7)/t15-,16-,17-;;/m0../s1. The van der Waals surface area contributed by atoms with Crippen LogP contribution in [0.1, 0.15) is 35.9 Å². The predicted molar refractivity (Wildman–Crippen MR) is 106 cm³/mol. The van der Waals surface area contributed by atoms with Gasteiger partial charge in [0, 0.05) is 31.6 Å². The minimum atomic E-state index is -5.08. The topological polar surface area (TPSA) is 81.1 Å². The van der Waals surface area contributed by atoms with E-state index in [0.717, 1.165) is 17.8 Å². The number of carboxylic acid groups (broad SMARTS) is 2. The molecule has 3 aliphatic rings. The van der Waals surface area contributed by atoms with E-state index >= 15 is 0 Å². The van der Waals surface area contributed by atoms with Gasteiger partial charge in [0.15, 0.2) is 0 Å². The van der Waals surface area contributed by atoms with Crippen LogP contribution in [0.15, 0.2) is 24.3 Å². The van der Waals surface area contributed by atoms with Crippen molar-refractivity contribution in [1.82, 2.24) is 9.80 Å². The predicted octanol–water partition coefficient (Wildman–Crippen LogP) is 3.99. The lowest BCUT2D eigenvalue weighted by atomic mass is 9.94. The largest absolute Gasteiger partial charge is 0.490 e. The molecule has 186 valence electrons. The van der Waals surface area contributed by atoms with Gasteiger partial charge < -0.3 is 20.0 Å². The number of likely N-dealkylation sites (tertiary alicyclic amines) is 1. The average Bonchev–Trinajstić information content (AvgIpc) is 3.31. The van der Waals surface area contributed by atoms with Crippen LogP contribution in [0.25, 0.3) is 0 Å². The van der Waals surface area contributed by atoms with E-state index in [4.69, 9.17) is 19.8 Å². The third-order valence-corrected chi connectivity index (χ3v) is 5.82. The number of fused-ring (bicyclic) bond motifs is 3. The second kappa shape index (κ2) is 10.3. The molecule has 0 amide bonds. The molecule has 1 heterocycles. The summed E-state index contributed by atoms with van der Waals surface area (Å²) in [5.74, 6) is -2.90. The van der Waals surface area contributed by atoms with E-state index in [1.165, 1.54) is 32.5 Å². The highest BCUT2D eigenvalue weighted by molar-refractivity contribution is 5.73. The first-order chi connectivity index (χ1) is 15.1. The summed E-state index contributed by atoms with van der Waals surface area (Å²) in [7, 11) is 4.49. The molecule has 2 N–H and O–H groups in total. The Morgan fingerprint density at radius 2 is 1.39 bits per heavy atom. The van der Waals surface area contributed by atoms with E-state index in [0.29, 0.717) is 6.04 Å². The van der Waals surface area contributed by atoms with Crippen molar-refractivity contribution < 1.29 is 46.1 Å². The summed E-state index contributed by atoms with van der Waals surface area (Å²) in [4.78, 5) is 23.0. The average molecular weight is 484 g/mol. The number of carboxylic acids is 2. The number of rotatable bonds is 3. The molecule has 1 saturated heterocycles. The number of hydrogen-bond acceptors (Lipinski definition) is 4. The number of halogens is 6. The Morgan fingerprint density at radius 3 is 1.79 bits per heavy atom. The molecule has 1 aromatic rings. The molecule has 1 aliphatic heterocycles. The SMILES string of the molecule is CN(C)[C@H]1c2ccccc2[C@@H]2CN(CC3CC3)C[C@@H]21.O=C(O)C(F)(F)F.O=C(O)C(F)(F)F. The van der Waals surface area contributed by atoms with Crippen molar-refractivity contribution >= 4 is 11.9 Å². The monoisotopic (exact) mass is 484 g/mol. The van der Waals surface area contributed by atoms with Gasteiger partial charge in [0.2, 0.25) is 0 Å². The zero-order valence-electron chi connectivity index (χ0n) is 18.0. The van der Waals surface area contributed by atoms with Gasteiger partial charge in [0.25, 0.3) is 0 Å². The first kappa shape index (κ1) is 26.9. The fraction of sp³-hybridized carbons (Fsp3) is 0.619. The molecular weight excluding hydrogens is 458 g/mol. The van der Waals surface area contributed by atoms with Crippen LogP contribution in [0.5, 0.6) is 0 Å². The number of aliphatic carboxylic acids is 2. The van der Waals surface area contributed by atoms with Gasteiger partial charge in [-0.25, -0.2) is 9.59 Å². The Bertz CT molecular complexity index is 815. The molecule has 3 atom stereocenters. The third kappa shape index (κ3) is 7.32. The molecular formula is C21H26F6N2O4. The molecule has 0 aromatic heterocycles. The minimum Gasteiger partial charge on any atom is -0.475 e. The maximum Gasteiger partial charge on any atom is 0.490 e. The maximum atomic E-state index is 10.6. The van der Waals surface area contributed by atoms with Crippen molar-refractivity contribution in [3.05, 3.63) is 35.4 Å². The normalized spacial score (nSPS) is 24.2. The summed E-state index contributed by atoms with van der Waals surface area (Å²) < 4.78 is 63.5. The van der Waals surface area contributed by atoms with Crippen molar-refractivity contribution in [2.75, 3.05) is 33.7 Å². The second-order valence-corrected chi connectivity index (χ2v) is 8.58. The van der Waals surface area contributed by atoms with Gasteiger partial charge in [-0.05, 0) is 49.9 Å². The van der Waals surface area contributed by atoms with E-state index in [2.05, 4.69) is 48.2 Å². The summed E-state index contributed by atoms with van der Waals surface area (Å²) in [6.07, 6.45) is -7.22. The second-order valence-electron chi connectivity index (χ2n) is 8.58. The Hall–Kier alpha value is -2.34. The maximum absolute atomic E-state index is 10.6. The lowest BCUT2D eigenvalue weighted by Crippen LogP contribution is -2.29. The number of hydrogen-bond donors (Lipinski definition) is 2. The fourth-order valence-electron chi connectivity index (χ4n) is 4.39. The molecule has 0 unspecified atom stereocenters. The van der Waals surface area contributed by atoms with Crippen LogP contribution in [0.2, 0.25) is 0 Å². The molecule has 12 heteroatoms. The van der Waals surface area contributed by atoms with Crippen LogP contribution in [-0.4, -0.2) is 78.0 Å². The van der Waals surface area contributed by atoms with E-state index in [9.17, 15) is 26.3 Å². The summed E-state index contributed by atoms with van der Waals surface area (Å²) in [5, 5.41) is 14.2. The van der Waals surface area contributed by atoms with Crippen molar-refractivity contribution in [3.8, 4) is 0 Å². The number of alkyl halides is 6. The van der Waals surface area contributed by atoms with Crippen molar-refractivity contribution in [2.45, 2.75) is 37.2 Å². The molecule has 0 spiro atoms. The van der Waals surface area contributed by atoms with Gasteiger partial charge in [-0.3, -0.25) is 0 Å². The molecule has 2 fully saturated rings. The van der Waals surface area contributed by atoms with Gasteiger partial charge in [-0.15, -0.1) is 0 Å². The molecule has 33 heavy (non-hydrogen) atoms. The van der Waals surface area contributed by atoms with Gasteiger partial charge in [-0.1, -0.05) is 24.3 Å². The van der Waals surface area contributed by atoms with E-state index < -0.39 is 24.3 Å². The molecule has 6 nitrogen and oxygen atoms in total. The smallest absolute Gasteiger partial charge is 0.475 e. The van der Waals surface area contributed by atoms with E-state index in [1.54, 1.807) is 11.1 Å². The van der Waals surface area contributed by atoms with Crippen LogP contribution >= 0.6 is 0 Å². The van der Waals surface area contributed by atoms with Crippen LogP contribution in [0, 0.1) is 11.8 Å². The number of carbonyl (C=O) groups is 2. The summed E-state index contributed by atoms with van der Waals surface area (Å²) in [6, 6.07) is 9.78. The lowest BCUT2D eigenvalue weighted by molar-refractivity contribution is -0.193. The Balaban J connectivity index is 0.000000230. The lowest BCUT2D eigenvalue weighted by Gasteiger charge is -2.27. The summed E-state index contributed by atoms with van der Waals surface area (Å²) >= 11 is 0. The third-order valence-electron chi connectivity index (χ3n) is 5.82. The Morgan fingerprint density at radius 1 is 0.939 bits per heavy atom. The first-order valence-electron chi connectivity index (χ1n) is 10.2. The Labute approximate surface area is 186 Å². The highest BCUT2D eigenvalue weighted by Crippen LogP contribution is 2.51. The van der Waals surface area contributed by atoms with Crippen molar-refractivity contribution in [3.63, 3.8) is 0 Å². The van der Waals surface area contributed by atoms with Gasteiger partial charge in [-0.2, -0.15) is 26.3 Å². The minimum absolute atomic E-state index is 0.630. The zero-order chi connectivity index (χ0) is 25.1. The molecule has 1 aromatic carbocycles. The van der Waals surface area contributed by atoms with Crippen LogP contribution < -0.4 is 0 Å². The van der Waals surface area contributed by atoms with Gasteiger partial charge in [0.05, 0.1) is 0 Å². The van der Waals surface area contributed by atoms with Crippen molar-refractivity contribution in [1.29, 1.82) is 0 Å². The molecule has 0 radical (unpaired) electrons. The van der Waals surface area contributed by atoms with Crippen LogP contribution in [0.4, 0.5) is 26.3 Å². The zero-order valence-corrected chi connectivity index (χ0v) is 18.0. The molecule has 4 rings (SSSR count). The van der Waals surface area contributed by atoms with Gasteiger partial charge >= 0.3 is 24.3 Å². The summed E-state index contributed by atoms with van der Waals surface area (Å²) in [6.45, 7) is 3.95. The fourth-order valence-corrected chi connectivity index (χ4v) is 4.39. The highest BCUT2D eigenvalue weighted by Gasteiger charge is 2.47. The number of nitrogens with zero attached hydrogens (tertiary/aromatic N) is 2. The van der Waals surface area contributed by atoms with E-state index in [1.807, 2.05) is 0 Å². The van der Waals surface area contributed by atoms with E-state index in [-0.39, 0.29) is 0 Å². The van der Waals surface area contributed by atoms with Crippen LogP contribution in [-0.2, 0) is 9.59 Å². The Kier molecular flexibility index (Phi) is 8.39.